The van der Waals surface area contributed by atoms with Crippen molar-refractivity contribution in [1.82, 2.24) is 0 Å². The first-order valence-electron chi connectivity index (χ1n) is 1.69. The van der Waals surface area contributed by atoms with Crippen molar-refractivity contribution in [2.24, 2.45) is 0 Å². The van der Waals surface area contributed by atoms with Crippen LogP contribution in [0.25, 0.3) is 0 Å². The maximum atomic E-state index is 11.0. The Morgan fingerprint density at radius 2 is 2.14 bits per heavy atom. The summed E-state index contributed by atoms with van der Waals surface area (Å²) in [6, 6.07) is -0.162. The van der Waals surface area contributed by atoms with Crippen LogP contribution in [-0.2, 0) is 4.74 Å². The number of halogens is 3. The van der Waals surface area contributed by atoms with Crippen molar-refractivity contribution in [3.63, 3.8) is 0 Å². The minimum absolute atomic E-state index is 0.162. The standard InChI is InChI=1S/C3H5ClF2O/c4-2-7-1-3(5)6/h3H,1-2H2. The number of ether oxygens (including phenoxy) is 1. The summed E-state index contributed by atoms with van der Waals surface area (Å²) in [7, 11) is 0. The van der Waals surface area contributed by atoms with Crippen molar-refractivity contribution in [1.29, 1.82) is 0 Å². The van der Waals surface area contributed by atoms with Gasteiger partial charge in [-0.2, -0.15) is 0 Å². The van der Waals surface area contributed by atoms with Gasteiger partial charge >= 0.3 is 0 Å². The van der Waals surface area contributed by atoms with Gasteiger partial charge in [-0.1, -0.05) is 11.6 Å². The first-order valence-corrected chi connectivity index (χ1v) is 2.22. The second-order valence-electron chi connectivity index (χ2n) is 0.871. The average Bonchev–Trinajstić information content (AvgIpc) is 1.61. The van der Waals surface area contributed by atoms with E-state index in [0.29, 0.717) is 0 Å². The Morgan fingerprint density at radius 1 is 1.57 bits per heavy atom. The molecule has 0 spiro atoms. The molecule has 0 aliphatic carbocycles. The fourth-order valence-electron chi connectivity index (χ4n) is 0.134. The number of alkyl halides is 3. The molecule has 0 rings (SSSR count). The molecular weight excluding hydrogens is 125 g/mol. The van der Waals surface area contributed by atoms with Crippen molar-refractivity contribution in [2.45, 2.75) is 6.43 Å². The summed E-state index contributed by atoms with van der Waals surface area (Å²) in [5, 5.41) is 0. The topological polar surface area (TPSA) is 9.23 Å². The minimum Gasteiger partial charge on any atom is -0.360 e. The van der Waals surface area contributed by atoms with Crippen molar-refractivity contribution in [3.8, 4) is 0 Å². The Hall–Kier alpha value is 0.110. The third-order valence-corrected chi connectivity index (χ3v) is 0.475. The fraction of sp³-hybridized carbons (Fsp3) is 1.00. The number of hydrogen-bond donors (Lipinski definition) is 0. The Labute approximate surface area is 45.2 Å². The van der Waals surface area contributed by atoms with Gasteiger partial charge in [0.2, 0.25) is 0 Å². The lowest BCUT2D eigenvalue weighted by molar-refractivity contribution is 0.0351. The summed E-state index contributed by atoms with van der Waals surface area (Å²) in [5.41, 5.74) is 0. The van der Waals surface area contributed by atoms with Gasteiger partial charge in [0.1, 0.15) is 12.7 Å². The lowest BCUT2D eigenvalue weighted by Crippen LogP contribution is -2.01. The zero-order valence-corrected chi connectivity index (χ0v) is 4.29. The zero-order chi connectivity index (χ0) is 5.70. The van der Waals surface area contributed by atoms with Gasteiger partial charge in [-0.25, -0.2) is 8.78 Å². The fourth-order valence-corrected chi connectivity index (χ4v) is 0.223. The van der Waals surface area contributed by atoms with Gasteiger partial charge in [0.05, 0.1) is 0 Å². The van der Waals surface area contributed by atoms with Crippen molar-refractivity contribution in [3.05, 3.63) is 0 Å². The molecule has 0 aromatic rings. The van der Waals surface area contributed by atoms with Crippen molar-refractivity contribution >= 4 is 11.6 Å². The molecule has 0 N–H and O–H groups in total. The maximum Gasteiger partial charge on any atom is 0.261 e. The summed E-state index contributed by atoms with van der Waals surface area (Å²) < 4.78 is 26.2. The molecule has 44 valence electrons. The van der Waals surface area contributed by atoms with E-state index < -0.39 is 13.0 Å². The molecule has 0 heterocycles. The zero-order valence-electron chi connectivity index (χ0n) is 3.53. The van der Waals surface area contributed by atoms with Gasteiger partial charge in [0.15, 0.2) is 0 Å². The molecule has 0 aromatic heterocycles. The van der Waals surface area contributed by atoms with E-state index >= 15 is 0 Å². The minimum atomic E-state index is -2.40. The smallest absolute Gasteiger partial charge is 0.261 e. The summed E-state index contributed by atoms with van der Waals surface area (Å²) in [6.07, 6.45) is -2.40. The predicted octanol–water partition coefficient (Wildman–Crippen LogP) is 1.46. The van der Waals surface area contributed by atoms with Crippen LogP contribution < -0.4 is 0 Å². The summed E-state index contributed by atoms with van der Waals surface area (Å²) >= 11 is 4.89. The summed E-state index contributed by atoms with van der Waals surface area (Å²) in [5.74, 6) is 0. The molecule has 0 aliphatic heterocycles. The normalized spacial score (nSPS) is 10.3. The van der Waals surface area contributed by atoms with Crippen LogP contribution >= 0.6 is 11.6 Å². The molecule has 0 aromatic carbocycles. The third-order valence-electron chi connectivity index (χ3n) is 0.321. The Bertz CT molecular complexity index is 41.9. The van der Waals surface area contributed by atoms with Crippen LogP contribution in [0.3, 0.4) is 0 Å². The summed E-state index contributed by atoms with van der Waals surface area (Å²) in [4.78, 5) is 0. The van der Waals surface area contributed by atoms with Gasteiger partial charge in [-0.15, -0.1) is 0 Å². The highest BCUT2D eigenvalue weighted by atomic mass is 35.5. The molecule has 0 saturated heterocycles. The van der Waals surface area contributed by atoms with Gasteiger partial charge in [0, 0.05) is 0 Å². The lowest BCUT2D eigenvalue weighted by Gasteiger charge is -1.94. The third kappa shape index (κ3) is 6.11. The van der Waals surface area contributed by atoms with Gasteiger partial charge in [0.25, 0.3) is 6.43 Å². The van der Waals surface area contributed by atoms with Gasteiger partial charge in [-0.05, 0) is 0 Å². The van der Waals surface area contributed by atoms with Crippen LogP contribution in [0.1, 0.15) is 0 Å². The van der Waals surface area contributed by atoms with E-state index in [1.54, 1.807) is 0 Å². The quantitative estimate of drug-likeness (QED) is 0.526. The number of rotatable bonds is 3. The second-order valence-corrected chi connectivity index (χ2v) is 1.09. The highest BCUT2D eigenvalue weighted by molar-refractivity contribution is 6.17. The van der Waals surface area contributed by atoms with Gasteiger partial charge in [-0.3, -0.25) is 0 Å². The molecule has 0 atom stereocenters. The Balaban J connectivity index is 2.68. The molecule has 0 amide bonds. The highest BCUT2D eigenvalue weighted by Gasteiger charge is 1.98. The molecule has 7 heavy (non-hydrogen) atoms. The molecule has 0 saturated carbocycles. The summed E-state index contributed by atoms with van der Waals surface area (Å²) in [6.45, 7) is -0.566. The molecule has 1 nitrogen and oxygen atoms in total. The van der Waals surface area contributed by atoms with Crippen LogP contribution in [0, 0.1) is 0 Å². The largest absolute Gasteiger partial charge is 0.360 e. The number of hydrogen-bond acceptors (Lipinski definition) is 1. The first-order chi connectivity index (χ1) is 3.27. The van der Waals surface area contributed by atoms with E-state index in [-0.39, 0.29) is 6.07 Å². The molecule has 0 bridgehead atoms. The average molecular weight is 131 g/mol. The van der Waals surface area contributed by atoms with Crippen molar-refractivity contribution < 1.29 is 13.5 Å². The molecule has 0 aliphatic rings. The van der Waals surface area contributed by atoms with Crippen LogP contribution in [0.15, 0.2) is 0 Å². The predicted molar refractivity (Wildman–Crippen MR) is 22.7 cm³/mol. The van der Waals surface area contributed by atoms with E-state index in [4.69, 9.17) is 11.6 Å². The second kappa shape index (κ2) is 4.27. The van der Waals surface area contributed by atoms with Crippen LogP contribution in [0.4, 0.5) is 8.78 Å². The molecule has 0 unspecified atom stereocenters. The lowest BCUT2D eigenvalue weighted by atomic mass is 10.8. The highest BCUT2D eigenvalue weighted by Crippen LogP contribution is 1.92. The maximum absolute atomic E-state index is 11.0. The first kappa shape index (κ1) is 7.11. The van der Waals surface area contributed by atoms with E-state index in [1.807, 2.05) is 0 Å². The SMILES string of the molecule is FC(F)COCCl. The molecule has 4 heteroatoms. The van der Waals surface area contributed by atoms with Crippen molar-refractivity contribution in [2.75, 3.05) is 12.7 Å². The van der Waals surface area contributed by atoms with E-state index in [9.17, 15) is 8.78 Å². The van der Waals surface area contributed by atoms with E-state index in [1.165, 1.54) is 0 Å². The monoisotopic (exact) mass is 130 g/mol. The molecule has 0 radical (unpaired) electrons. The van der Waals surface area contributed by atoms with Crippen LogP contribution in [0.2, 0.25) is 0 Å². The molecular formula is C3H5ClF2O. The van der Waals surface area contributed by atoms with E-state index in [0.717, 1.165) is 0 Å². The van der Waals surface area contributed by atoms with Crippen LogP contribution in [0.5, 0.6) is 0 Å². The Kier molecular flexibility index (Phi) is 4.34. The Morgan fingerprint density at radius 3 is 2.29 bits per heavy atom. The van der Waals surface area contributed by atoms with Gasteiger partial charge < -0.3 is 4.74 Å². The molecule has 0 fully saturated rings. The van der Waals surface area contributed by atoms with E-state index in [2.05, 4.69) is 4.74 Å². The van der Waals surface area contributed by atoms with Crippen LogP contribution in [-0.4, -0.2) is 19.1 Å².